The highest BCUT2D eigenvalue weighted by atomic mass is 35.5. The van der Waals surface area contributed by atoms with Gasteiger partial charge in [0.1, 0.15) is 5.60 Å². The average Bonchev–Trinajstić information content (AvgIpc) is 3.07. The van der Waals surface area contributed by atoms with E-state index >= 15 is 0 Å². The van der Waals surface area contributed by atoms with E-state index in [1.165, 1.54) is 5.56 Å². The van der Waals surface area contributed by atoms with Gasteiger partial charge in [-0.3, -0.25) is 4.79 Å². The summed E-state index contributed by atoms with van der Waals surface area (Å²) in [4.78, 5) is 29.3. The van der Waals surface area contributed by atoms with Crippen molar-refractivity contribution in [2.45, 2.75) is 79.0 Å². The molecular weight excluding hydrogens is 388 g/mol. The molecule has 1 aromatic carbocycles. The van der Waals surface area contributed by atoms with Crippen molar-refractivity contribution in [3.05, 3.63) is 33.8 Å². The summed E-state index contributed by atoms with van der Waals surface area (Å²) in [5.41, 5.74) is 2.50. The molecule has 2 aliphatic rings. The van der Waals surface area contributed by atoms with Gasteiger partial charge in [0.05, 0.1) is 6.04 Å². The standard InChI is InChI=1S/C23H33ClN2O3/c1-22(2,3)20(27)25-11-9-17-15(14-25)12-16(24)13-18(17)19-8-7-10-26(19)21(28)29-23(4,5)6/h12-13,19H,7-11,14H2,1-6H3. The predicted molar refractivity (Wildman–Crippen MR) is 115 cm³/mol. The fourth-order valence-corrected chi connectivity index (χ4v) is 4.52. The Bertz CT molecular complexity index is 808. The van der Waals surface area contributed by atoms with Gasteiger partial charge >= 0.3 is 6.09 Å². The van der Waals surface area contributed by atoms with Crippen molar-refractivity contribution >= 4 is 23.6 Å². The third kappa shape index (κ3) is 4.88. The maximum Gasteiger partial charge on any atom is 0.410 e. The van der Waals surface area contributed by atoms with Gasteiger partial charge in [-0.2, -0.15) is 0 Å². The van der Waals surface area contributed by atoms with Crippen LogP contribution in [0.1, 0.15) is 77.1 Å². The molecule has 6 heteroatoms. The summed E-state index contributed by atoms with van der Waals surface area (Å²) >= 11 is 6.47. The molecule has 0 N–H and O–H groups in total. The molecule has 0 bridgehead atoms. The van der Waals surface area contributed by atoms with E-state index < -0.39 is 11.0 Å². The molecule has 1 fully saturated rings. The zero-order valence-electron chi connectivity index (χ0n) is 18.5. The summed E-state index contributed by atoms with van der Waals surface area (Å²) in [5, 5.41) is 0.653. The minimum absolute atomic E-state index is 0.0258. The fraction of sp³-hybridized carbons (Fsp3) is 0.652. The average molecular weight is 421 g/mol. The summed E-state index contributed by atoms with van der Waals surface area (Å²) in [6.07, 6.45) is 2.35. The lowest BCUT2D eigenvalue weighted by Gasteiger charge is -2.36. The van der Waals surface area contributed by atoms with Gasteiger partial charge < -0.3 is 14.5 Å². The van der Waals surface area contributed by atoms with Crippen molar-refractivity contribution in [1.29, 1.82) is 0 Å². The number of hydrogen-bond donors (Lipinski definition) is 0. The monoisotopic (exact) mass is 420 g/mol. The van der Waals surface area contributed by atoms with E-state index in [9.17, 15) is 9.59 Å². The van der Waals surface area contributed by atoms with Crippen LogP contribution in [0.4, 0.5) is 4.79 Å². The number of halogens is 1. The molecule has 0 aliphatic carbocycles. The second-order valence-electron chi connectivity index (χ2n) is 10.2. The molecule has 5 nitrogen and oxygen atoms in total. The Morgan fingerprint density at radius 1 is 1.10 bits per heavy atom. The number of carbonyl (C=O) groups excluding carboxylic acids is 2. The Morgan fingerprint density at radius 3 is 2.41 bits per heavy atom. The minimum Gasteiger partial charge on any atom is -0.444 e. The van der Waals surface area contributed by atoms with E-state index in [4.69, 9.17) is 16.3 Å². The Morgan fingerprint density at radius 2 is 1.79 bits per heavy atom. The highest BCUT2D eigenvalue weighted by Gasteiger charge is 2.36. The van der Waals surface area contributed by atoms with Gasteiger partial charge in [0, 0.05) is 30.1 Å². The van der Waals surface area contributed by atoms with E-state index in [-0.39, 0.29) is 18.0 Å². The molecule has 0 aromatic heterocycles. The molecule has 0 spiro atoms. The molecule has 1 saturated heterocycles. The third-order valence-corrected chi connectivity index (χ3v) is 5.72. The second kappa shape index (κ2) is 7.82. The number of fused-ring (bicyclic) bond motifs is 1. The molecule has 2 heterocycles. The third-order valence-electron chi connectivity index (χ3n) is 5.50. The van der Waals surface area contributed by atoms with E-state index in [2.05, 4.69) is 0 Å². The van der Waals surface area contributed by atoms with Gasteiger partial charge in [0.2, 0.25) is 5.91 Å². The molecule has 1 unspecified atom stereocenters. The molecule has 29 heavy (non-hydrogen) atoms. The first-order valence-corrected chi connectivity index (χ1v) is 10.8. The number of ether oxygens (including phenoxy) is 1. The van der Waals surface area contributed by atoms with Crippen molar-refractivity contribution in [2.24, 2.45) is 5.41 Å². The SMILES string of the molecule is CC(C)(C)OC(=O)N1CCCC1c1cc(Cl)cc2c1CCN(C(=O)C(C)(C)C)C2. The van der Waals surface area contributed by atoms with Crippen molar-refractivity contribution in [3.8, 4) is 0 Å². The maximum atomic E-state index is 12.8. The predicted octanol–water partition coefficient (Wildman–Crippen LogP) is 5.34. The number of amides is 2. The van der Waals surface area contributed by atoms with Crippen LogP contribution in [0.15, 0.2) is 12.1 Å². The van der Waals surface area contributed by atoms with Crippen LogP contribution in [0.2, 0.25) is 5.02 Å². The number of carbonyl (C=O) groups is 2. The van der Waals surface area contributed by atoms with Crippen LogP contribution in [0.25, 0.3) is 0 Å². The van der Waals surface area contributed by atoms with Crippen molar-refractivity contribution < 1.29 is 14.3 Å². The molecule has 2 aliphatic heterocycles. The van der Waals surface area contributed by atoms with Crippen molar-refractivity contribution in [3.63, 3.8) is 0 Å². The van der Waals surface area contributed by atoms with Crippen LogP contribution >= 0.6 is 11.6 Å². The van der Waals surface area contributed by atoms with Crippen LogP contribution in [0.5, 0.6) is 0 Å². The summed E-state index contributed by atoms with van der Waals surface area (Å²) in [6, 6.07) is 3.94. The van der Waals surface area contributed by atoms with Gasteiger partial charge in [-0.25, -0.2) is 4.79 Å². The first-order valence-electron chi connectivity index (χ1n) is 10.5. The lowest BCUT2D eigenvalue weighted by molar-refractivity contribution is -0.140. The van der Waals surface area contributed by atoms with Gasteiger partial charge in [-0.1, -0.05) is 32.4 Å². The smallest absolute Gasteiger partial charge is 0.410 e. The number of benzene rings is 1. The number of likely N-dealkylation sites (tertiary alicyclic amines) is 1. The Balaban J connectivity index is 1.89. The van der Waals surface area contributed by atoms with E-state index in [0.29, 0.717) is 24.7 Å². The van der Waals surface area contributed by atoms with Gasteiger partial charge in [0.15, 0.2) is 0 Å². The van der Waals surface area contributed by atoms with E-state index in [0.717, 1.165) is 30.4 Å². The number of nitrogens with zero attached hydrogens (tertiary/aromatic N) is 2. The summed E-state index contributed by atoms with van der Waals surface area (Å²) < 4.78 is 5.63. The van der Waals surface area contributed by atoms with Gasteiger partial charge in [0.25, 0.3) is 0 Å². The second-order valence-corrected chi connectivity index (χ2v) is 10.6. The zero-order valence-corrected chi connectivity index (χ0v) is 19.2. The Labute approximate surface area is 179 Å². The molecular formula is C23H33ClN2O3. The normalized spacial score (nSPS) is 19.9. The highest BCUT2D eigenvalue weighted by Crippen LogP contribution is 2.39. The van der Waals surface area contributed by atoms with Crippen LogP contribution in [-0.2, 0) is 22.5 Å². The molecule has 2 amide bonds. The summed E-state index contributed by atoms with van der Waals surface area (Å²) in [5.74, 6) is 0.154. The first-order chi connectivity index (χ1) is 13.4. The topological polar surface area (TPSA) is 49.9 Å². The number of hydrogen-bond acceptors (Lipinski definition) is 3. The zero-order chi connectivity index (χ0) is 21.6. The van der Waals surface area contributed by atoms with Crippen molar-refractivity contribution in [1.82, 2.24) is 9.80 Å². The van der Waals surface area contributed by atoms with Crippen LogP contribution in [-0.4, -0.2) is 40.5 Å². The summed E-state index contributed by atoms with van der Waals surface area (Å²) in [7, 11) is 0. The maximum absolute atomic E-state index is 12.8. The van der Waals surface area contributed by atoms with E-state index in [1.807, 2.05) is 63.5 Å². The van der Waals surface area contributed by atoms with E-state index in [1.54, 1.807) is 0 Å². The minimum atomic E-state index is -0.522. The quantitative estimate of drug-likeness (QED) is 0.615. The molecule has 3 rings (SSSR count). The molecule has 160 valence electrons. The summed E-state index contributed by atoms with van der Waals surface area (Å²) in [6.45, 7) is 13.5. The fourth-order valence-electron chi connectivity index (χ4n) is 4.27. The first kappa shape index (κ1) is 21.9. The molecule has 1 atom stereocenters. The Kier molecular flexibility index (Phi) is 5.92. The number of rotatable bonds is 1. The van der Waals surface area contributed by atoms with Gasteiger partial charge in [-0.15, -0.1) is 0 Å². The van der Waals surface area contributed by atoms with Crippen LogP contribution in [0.3, 0.4) is 0 Å². The molecule has 1 aromatic rings. The van der Waals surface area contributed by atoms with Gasteiger partial charge in [-0.05, 0) is 68.9 Å². The largest absolute Gasteiger partial charge is 0.444 e. The molecule has 0 saturated carbocycles. The Hall–Kier alpha value is -1.75. The van der Waals surface area contributed by atoms with Crippen LogP contribution < -0.4 is 0 Å². The van der Waals surface area contributed by atoms with Crippen molar-refractivity contribution in [2.75, 3.05) is 13.1 Å². The lowest BCUT2D eigenvalue weighted by atomic mass is 9.88. The molecule has 0 radical (unpaired) electrons. The van der Waals surface area contributed by atoms with Crippen LogP contribution in [0, 0.1) is 5.41 Å². The highest BCUT2D eigenvalue weighted by molar-refractivity contribution is 6.30. The lowest BCUT2D eigenvalue weighted by Crippen LogP contribution is -2.43.